The van der Waals surface area contributed by atoms with Crippen LogP contribution in [0.1, 0.15) is 19.3 Å². The van der Waals surface area contributed by atoms with Crippen LogP contribution in [0.15, 0.2) is 0 Å². The number of rotatable bonds is 3. The van der Waals surface area contributed by atoms with E-state index in [0.717, 1.165) is 25.9 Å². The van der Waals surface area contributed by atoms with E-state index in [1.165, 1.54) is 0 Å². The summed E-state index contributed by atoms with van der Waals surface area (Å²) >= 11 is 0. The number of aliphatic carboxylic acids is 1. The van der Waals surface area contributed by atoms with Gasteiger partial charge < -0.3 is 19.8 Å². The number of amides is 2. The third-order valence-electron chi connectivity index (χ3n) is 4.09. The second kappa shape index (κ2) is 5.77. The van der Waals surface area contributed by atoms with Gasteiger partial charge in [0.15, 0.2) is 0 Å². The second-order valence-corrected chi connectivity index (χ2v) is 5.86. The molecule has 0 aromatic carbocycles. The predicted molar refractivity (Wildman–Crippen MR) is 71.0 cm³/mol. The highest BCUT2D eigenvalue weighted by molar-refractivity contribution is 5.76. The summed E-state index contributed by atoms with van der Waals surface area (Å²) in [5.41, 5.74) is 0. The smallest absolute Gasteiger partial charge is 0.320 e. The molecule has 108 valence electrons. The molecule has 2 amide bonds. The van der Waals surface area contributed by atoms with Crippen molar-refractivity contribution in [3.8, 4) is 0 Å². The van der Waals surface area contributed by atoms with Crippen LogP contribution in [0.25, 0.3) is 0 Å². The second-order valence-electron chi connectivity index (χ2n) is 5.86. The summed E-state index contributed by atoms with van der Waals surface area (Å²) in [7, 11) is 4.09. The zero-order chi connectivity index (χ0) is 14.0. The first-order valence-electron chi connectivity index (χ1n) is 6.89. The van der Waals surface area contributed by atoms with E-state index < -0.39 is 5.97 Å². The quantitative estimate of drug-likeness (QED) is 0.812. The zero-order valence-electron chi connectivity index (χ0n) is 11.7. The lowest BCUT2D eigenvalue weighted by Crippen LogP contribution is -2.58. The molecule has 2 heterocycles. The molecule has 0 aromatic heterocycles. The fourth-order valence-electron chi connectivity index (χ4n) is 2.85. The monoisotopic (exact) mass is 269 g/mol. The van der Waals surface area contributed by atoms with E-state index >= 15 is 0 Å². The first-order chi connectivity index (χ1) is 8.97. The molecule has 2 fully saturated rings. The molecular weight excluding hydrogens is 246 g/mol. The van der Waals surface area contributed by atoms with Crippen LogP contribution in [0.4, 0.5) is 4.79 Å². The first-order valence-corrected chi connectivity index (χ1v) is 6.89. The molecule has 2 rings (SSSR count). The number of hydrogen-bond donors (Lipinski definition) is 1. The minimum absolute atomic E-state index is 0.0770. The molecule has 0 aromatic rings. The number of carbonyl (C=O) groups is 2. The first kappa shape index (κ1) is 14.1. The lowest BCUT2D eigenvalue weighted by molar-refractivity contribution is -0.139. The van der Waals surface area contributed by atoms with E-state index in [4.69, 9.17) is 5.11 Å². The van der Waals surface area contributed by atoms with Crippen LogP contribution in [-0.4, -0.2) is 78.1 Å². The van der Waals surface area contributed by atoms with Crippen molar-refractivity contribution in [3.63, 3.8) is 0 Å². The van der Waals surface area contributed by atoms with Crippen molar-refractivity contribution in [2.75, 3.05) is 40.3 Å². The van der Waals surface area contributed by atoms with Gasteiger partial charge in [0, 0.05) is 38.1 Å². The maximum absolute atomic E-state index is 12.3. The van der Waals surface area contributed by atoms with Gasteiger partial charge >= 0.3 is 12.0 Å². The molecule has 2 aliphatic heterocycles. The Balaban J connectivity index is 1.79. The molecule has 0 spiro atoms. The fourth-order valence-corrected chi connectivity index (χ4v) is 2.85. The number of likely N-dealkylation sites (N-methyl/N-ethyl adjacent to an activating group) is 1. The molecule has 1 N–H and O–H groups in total. The van der Waals surface area contributed by atoms with Gasteiger partial charge in [0.1, 0.15) is 0 Å². The van der Waals surface area contributed by atoms with E-state index in [1.54, 1.807) is 4.90 Å². The molecule has 0 saturated carbocycles. The maximum atomic E-state index is 12.3. The topological polar surface area (TPSA) is 64.1 Å². The highest BCUT2D eigenvalue weighted by Crippen LogP contribution is 2.23. The number of carbonyl (C=O) groups excluding carboxylic acids is 1. The van der Waals surface area contributed by atoms with Crippen LogP contribution in [0.2, 0.25) is 0 Å². The minimum atomic E-state index is -0.775. The summed E-state index contributed by atoms with van der Waals surface area (Å²) in [6, 6.07) is 0.516. The van der Waals surface area contributed by atoms with Crippen LogP contribution < -0.4 is 0 Å². The summed E-state index contributed by atoms with van der Waals surface area (Å²) < 4.78 is 0. The number of nitrogens with zero attached hydrogens (tertiary/aromatic N) is 3. The highest BCUT2D eigenvalue weighted by atomic mass is 16.4. The van der Waals surface area contributed by atoms with E-state index in [0.29, 0.717) is 19.1 Å². The minimum Gasteiger partial charge on any atom is -0.481 e. The number of hydrogen-bond acceptors (Lipinski definition) is 3. The van der Waals surface area contributed by atoms with Gasteiger partial charge in [-0.3, -0.25) is 4.79 Å². The van der Waals surface area contributed by atoms with Gasteiger partial charge in [-0.1, -0.05) is 0 Å². The van der Waals surface area contributed by atoms with Crippen molar-refractivity contribution >= 4 is 12.0 Å². The van der Waals surface area contributed by atoms with Crippen molar-refractivity contribution < 1.29 is 14.7 Å². The lowest BCUT2D eigenvalue weighted by atomic mass is 9.96. The van der Waals surface area contributed by atoms with Gasteiger partial charge in [0.25, 0.3) is 0 Å². The van der Waals surface area contributed by atoms with Gasteiger partial charge in [0.05, 0.1) is 6.42 Å². The molecule has 0 aliphatic carbocycles. The Bertz CT molecular complexity index is 353. The fraction of sp³-hybridized carbons (Fsp3) is 0.846. The number of urea groups is 1. The SMILES string of the molecule is CN(C)C1CCCN(C(=O)N2CC(CC(=O)O)C2)C1. The van der Waals surface area contributed by atoms with E-state index in [1.807, 2.05) is 19.0 Å². The van der Waals surface area contributed by atoms with Crippen molar-refractivity contribution in [1.29, 1.82) is 0 Å². The van der Waals surface area contributed by atoms with Crippen molar-refractivity contribution in [2.45, 2.75) is 25.3 Å². The van der Waals surface area contributed by atoms with Crippen LogP contribution in [0.3, 0.4) is 0 Å². The lowest BCUT2D eigenvalue weighted by Gasteiger charge is -2.44. The number of likely N-dealkylation sites (tertiary alicyclic amines) is 2. The third-order valence-corrected chi connectivity index (χ3v) is 4.09. The largest absolute Gasteiger partial charge is 0.481 e. The average Bonchev–Trinajstić information content (AvgIpc) is 2.32. The van der Waals surface area contributed by atoms with Crippen LogP contribution >= 0.6 is 0 Å². The number of piperidine rings is 1. The standard InChI is InChI=1S/C13H23N3O3/c1-14(2)11-4-3-5-15(9-11)13(19)16-7-10(8-16)6-12(17)18/h10-11H,3-9H2,1-2H3,(H,17,18). The predicted octanol–water partition coefficient (Wildman–Crippen LogP) is 0.539. The number of carboxylic acids is 1. The van der Waals surface area contributed by atoms with Crippen LogP contribution in [0.5, 0.6) is 0 Å². The summed E-state index contributed by atoms with van der Waals surface area (Å²) in [4.78, 5) is 28.7. The molecule has 0 radical (unpaired) electrons. The highest BCUT2D eigenvalue weighted by Gasteiger charge is 2.36. The number of carboxylic acid groups (broad SMARTS) is 1. The van der Waals surface area contributed by atoms with Crippen molar-refractivity contribution in [3.05, 3.63) is 0 Å². The van der Waals surface area contributed by atoms with Crippen molar-refractivity contribution in [2.24, 2.45) is 5.92 Å². The van der Waals surface area contributed by atoms with Crippen molar-refractivity contribution in [1.82, 2.24) is 14.7 Å². The molecule has 6 heteroatoms. The van der Waals surface area contributed by atoms with Crippen LogP contribution in [0, 0.1) is 5.92 Å². The molecule has 19 heavy (non-hydrogen) atoms. The average molecular weight is 269 g/mol. The Kier molecular flexibility index (Phi) is 4.29. The summed E-state index contributed by atoms with van der Waals surface area (Å²) in [6.07, 6.45) is 2.35. The maximum Gasteiger partial charge on any atom is 0.320 e. The summed E-state index contributed by atoms with van der Waals surface area (Å²) in [6.45, 7) is 2.79. The Morgan fingerprint density at radius 1 is 1.21 bits per heavy atom. The zero-order valence-corrected chi connectivity index (χ0v) is 11.7. The molecule has 1 atom stereocenters. The third kappa shape index (κ3) is 3.37. The van der Waals surface area contributed by atoms with E-state index in [2.05, 4.69) is 4.90 Å². The molecule has 2 saturated heterocycles. The Morgan fingerprint density at radius 2 is 1.89 bits per heavy atom. The Labute approximate surface area is 114 Å². The van der Waals surface area contributed by atoms with Gasteiger partial charge in [-0.25, -0.2) is 4.79 Å². The molecule has 6 nitrogen and oxygen atoms in total. The van der Waals surface area contributed by atoms with Gasteiger partial charge in [-0.15, -0.1) is 0 Å². The van der Waals surface area contributed by atoms with E-state index in [-0.39, 0.29) is 18.4 Å². The van der Waals surface area contributed by atoms with E-state index in [9.17, 15) is 9.59 Å². The molecular formula is C13H23N3O3. The van der Waals surface area contributed by atoms with Crippen LogP contribution in [-0.2, 0) is 4.79 Å². The normalized spacial score (nSPS) is 24.5. The van der Waals surface area contributed by atoms with Gasteiger partial charge in [-0.2, -0.15) is 0 Å². The Morgan fingerprint density at radius 3 is 2.47 bits per heavy atom. The molecule has 0 bridgehead atoms. The Hall–Kier alpha value is -1.30. The summed E-state index contributed by atoms with van der Waals surface area (Å²) in [5, 5.41) is 8.70. The molecule has 2 aliphatic rings. The summed E-state index contributed by atoms with van der Waals surface area (Å²) in [5.74, 6) is -0.640. The van der Waals surface area contributed by atoms with Gasteiger partial charge in [0.2, 0.25) is 0 Å². The van der Waals surface area contributed by atoms with Gasteiger partial charge in [-0.05, 0) is 26.9 Å². The molecule has 1 unspecified atom stereocenters.